The fourth-order valence-electron chi connectivity index (χ4n) is 2.24. The van der Waals surface area contributed by atoms with Gasteiger partial charge in [0, 0.05) is 6.42 Å². The first-order valence-corrected chi connectivity index (χ1v) is 8.20. The predicted molar refractivity (Wildman–Crippen MR) is 85.9 cm³/mol. The third-order valence-corrected chi connectivity index (χ3v) is 4.73. The van der Waals surface area contributed by atoms with Crippen LogP contribution in [0.25, 0.3) is 0 Å². The number of nitrogens with zero attached hydrogens (tertiary/aromatic N) is 1. The highest BCUT2D eigenvalue weighted by atomic mass is 32.2. The molecule has 0 aromatic heterocycles. The third-order valence-electron chi connectivity index (χ3n) is 3.56. The Morgan fingerprint density at radius 2 is 2.05 bits per heavy atom. The fraction of sp³-hybridized carbons (Fsp3) is 0.438. The van der Waals surface area contributed by atoms with E-state index in [1.165, 1.54) is 4.90 Å². The van der Waals surface area contributed by atoms with Crippen molar-refractivity contribution < 1.29 is 19.1 Å². The van der Waals surface area contributed by atoms with Crippen molar-refractivity contribution in [3.8, 4) is 0 Å². The normalized spacial score (nSPS) is 18.0. The molecular formula is C16H19NO4S. The maximum Gasteiger partial charge on any atom is 0.315 e. The highest BCUT2D eigenvalue weighted by molar-refractivity contribution is 8.01. The van der Waals surface area contributed by atoms with Crippen LogP contribution in [0, 0.1) is 13.8 Å². The van der Waals surface area contributed by atoms with Crippen molar-refractivity contribution in [3.05, 3.63) is 29.3 Å². The van der Waals surface area contributed by atoms with E-state index in [0.717, 1.165) is 22.9 Å². The minimum absolute atomic E-state index is 0.0816. The third kappa shape index (κ3) is 3.50. The predicted octanol–water partition coefficient (Wildman–Crippen LogP) is 2.23. The number of aryl methyl sites for hydroxylation is 2. The molecule has 118 valence electrons. The molecule has 0 radical (unpaired) electrons. The number of carbonyl (C=O) groups excluding carboxylic acids is 3. The first kappa shape index (κ1) is 16.5. The van der Waals surface area contributed by atoms with E-state index >= 15 is 0 Å². The van der Waals surface area contributed by atoms with E-state index in [9.17, 15) is 14.4 Å². The van der Waals surface area contributed by atoms with E-state index in [1.54, 1.807) is 13.0 Å². The lowest BCUT2D eigenvalue weighted by molar-refractivity contribution is -0.139. The number of esters is 1. The highest BCUT2D eigenvalue weighted by Crippen LogP contribution is 2.30. The summed E-state index contributed by atoms with van der Waals surface area (Å²) in [6.45, 7) is 5.96. The van der Waals surface area contributed by atoms with Gasteiger partial charge in [0.2, 0.25) is 11.8 Å². The summed E-state index contributed by atoms with van der Waals surface area (Å²) >= 11 is 1.16. The molecule has 2 amide bonds. The van der Waals surface area contributed by atoms with Gasteiger partial charge in [-0.25, -0.2) is 4.90 Å². The van der Waals surface area contributed by atoms with Gasteiger partial charge in [0.05, 0.1) is 23.3 Å². The molecular weight excluding hydrogens is 302 g/mol. The van der Waals surface area contributed by atoms with Crippen molar-refractivity contribution in [1.29, 1.82) is 0 Å². The largest absolute Gasteiger partial charge is 0.465 e. The minimum Gasteiger partial charge on any atom is -0.465 e. The van der Waals surface area contributed by atoms with E-state index in [4.69, 9.17) is 4.74 Å². The van der Waals surface area contributed by atoms with Gasteiger partial charge in [0.1, 0.15) is 0 Å². The Kier molecular flexibility index (Phi) is 5.24. The van der Waals surface area contributed by atoms with Crippen LogP contribution in [0.2, 0.25) is 0 Å². The molecule has 1 aliphatic rings. The zero-order chi connectivity index (χ0) is 16.3. The molecule has 2 rings (SSSR count). The molecule has 0 aliphatic carbocycles. The molecule has 0 bridgehead atoms. The molecule has 0 N–H and O–H groups in total. The van der Waals surface area contributed by atoms with Crippen molar-refractivity contribution in [1.82, 2.24) is 0 Å². The van der Waals surface area contributed by atoms with E-state index in [2.05, 4.69) is 0 Å². The van der Waals surface area contributed by atoms with Crippen molar-refractivity contribution >= 4 is 35.2 Å². The summed E-state index contributed by atoms with van der Waals surface area (Å²) in [6, 6.07) is 5.50. The van der Waals surface area contributed by atoms with Gasteiger partial charge in [-0.15, -0.1) is 11.8 Å². The van der Waals surface area contributed by atoms with Crippen LogP contribution in [0.5, 0.6) is 0 Å². The van der Waals surface area contributed by atoms with Crippen LogP contribution in [0.3, 0.4) is 0 Å². The fourth-order valence-corrected chi connectivity index (χ4v) is 3.17. The molecule has 1 aliphatic heterocycles. The first-order valence-electron chi connectivity index (χ1n) is 7.15. The van der Waals surface area contributed by atoms with Gasteiger partial charge in [-0.3, -0.25) is 14.4 Å². The summed E-state index contributed by atoms with van der Waals surface area (Å²) in [5.41, 5.74) is 2.73. The lowest BCUT2D eigenvalue weighted by Crippen LogP contribution is -2.31. The number of rotatable bonds is 5. The zero-order valence-corrected chi connectivity index (χ0v) is 13.7. The first-order chi connectivity index (χ1) is 10.4. The Labute approximate surface area is 134 Å². The summed E-state index contributed by atoms with van der Waals surface area (Å²) in [6.07, 6.45) is 0.121. The molecule has 0 spiro atoms. The average Bonchev–Trinajstić information content (AvgIpc) is 2.75. The summed E-state index contributed by atoms with van der Waals surface area (Å²) in [7, 11) is 0. The Balaban J connectivity index is 2.08. The highest BCUT2D eigenvalue weighted by Gasteiger charge is 2.40. The number of carbonyl (C=O) groups is 3. The van der Waals surface area contributed by atoms with Crippen LogP contribution in [0.1, 0.15) is 24.5 Å². The van der Waals surface area contributed by atoms with E-state index in [0.29, 0.717) is 12.3 Å². The minimum atomic E-state index is -0.515. The summed E-state index contributed by atoms with van der Waals surface area (Å²) < 4.78 is 4.83. The maximum absolute atomic E-state index is 12.4. The topological polar surface area (TPSA) is 63.7 Å². The molecule has 6 heteroatoms. The van der Waals surface area contributed by atoms with Crippen molar-refractivity contribution in [2.24, 2.45) is 0 Å². The van der Waals surface area contributed by atoms with Gasteiger partial charge in [-0.1, -0.05) is 6.07 Å². The van der Waals surface area contributed by atoms with Crippen LogP contribution >= 0.6 is 11.8 Å². The van der Waals surface area contributed by atoms with Crippen LogP contribution in [0.4, 0.5) is 5.69 Å². The molecule has 0 saturated carbocycles. The Hall–Kier alpha value is -1.82. The smallest absolute Gasteiger partial charge is 0.315 e. The number of thioether (sulfide) groups is 1. The second-order valence-corrected chi connectivity index (χ2v) is 6.34. The van der Waals surface area contributed by atoms with Gasteiger partial charge in [0.15, 0.2) is 0 Å². The maximum atomic E-state index is 12.4. The lowest BCUT2D eigenvalue weighted by atomic mass is 10.1. The number of imide groups is 1. The molecule has 1 fully saturated rings. The van der Waals surface area contributed by atoms with Gasteiger partial charge < -0.3 is 4.74 Å². The lowest BCUT2D eigenvalue weighted by Gasteiger charge is -2.16. The summed E-state index contributed by atoms with van der Waals surface area (Å²) in [5, 5.41) is -0.515. The van der Waals surface area contributed by atoms with Gasteiger partial charge in [-0.05, 0) is 44.0 Å². The number of ether oxygens (including phenoxy) is 1. The number of amides is 2. The van der Waals surface area contributed by atoms with E-state index < -0.39 is 5.25 Å². The summed E-state index contributed by atoms with van der Waals surface area (Å²) in [4.78, 5) is 37.1. The van der Waals surface area contributed by atoms with Gasteiger partial charge in [-0.2, -0.15) is 0 Å². The molecule has 1 aromatic carbocycles. The van der Waals surface area contributed by atoms with Crippen LogP contribution < -0.4 is 4.90 Å². The quantitative estimate of drug-likeness (QED) is 0.615. The second kappa shape index (κ2) is 6.96. The average molecular weight is 321 g/mol. The van der Waals surface area contributed by atoms with Crippen molar-refractivity contribution in [2.75, 3.05) is 17.3 Å². The second-order valence-electron chi connectivity index (χ2n) is 5.14. The van der Waals surface area contributed by atoms with Crippen LogP contribution in [-0.2, 0) is 19.1 Å². The van der Waals surface area contributed by atoms with Crippen molar-refractivity contribution in [2.45, 2.75) is 32.4 Å². The number of hydrogen-bond donors (Lipinski definition) is 0. The molecule has 1 heterocycles. The number of anilines is 1. The number of hydrogen-bond acceptors (Lipinski definition) is 5. The van der Waals surface area contributed by atoms with Crippen LogP contribution in [-0.4, -0.2) is 35.4 Å². The molecule has 22 heavy (non-hydrogen) atoms. The van der Waals surface area contributed by atoms with Crippen molar-refractivity contribution in [3.63, 3.8) is 0 Å². The van der Waals surface area contributed by atoms with E-state index in [-0.39, 0.29) is 30.0 Å². The molecule has 1 atom stereocenters. The Bertz CT molecular complexity index is 614. The molecule has 1 saturated heterocycles. The monoisotopic (exact) mass is 321 g/mol. The Morgan fingerprint density at radius 1 is 1.32 bits per heavy atom. The van der Waals surface area contributed by atoms with Gasteiger partial charge in [0.25, 0.3) is 0 Å². The SMILES string of the molecule is CCOC(=O)CSC1CC(=O)N(c2ccc(C)c(C)c2)C1=O. The molecule has 1 unspecified atom stereocenters. The zero-order valence-electron chi connectivity index (χ0n) is 12.9. The molecule has 1 aromatic rings. The standard InChI is InChI=1S/C16H19NO4S/c1-4-21-15(19)9-22-13-8-14(18)17(16(13)20)12-6-5-10(2)11(3)7-12/h5-7,13H,4,8-9H2,1-3H3. The van der Waals surface area contributed by atoms with E-state index in [1.807, 2.05) is 26.0 Å². The number of benzene rings is 1. The Morgan fingerprint density at radius 3 is 2.68 bits per heavy atom. The van der Waals surface area contributed by atoms with Crippen LogP contribution in [0.15, 0.2) is 18.2 Å². The van der Waals surface area contributed by atoms with Gasteiger partial charge >= 0.3 is 5.97 Å². The summed E-state index contributed by atoms with van der Waals surface area (Å²) in [5.74, 6) is -0.771. The molecule has 5 nitrogen and oxygen atoms in total.